The normalized spacial score (nSPS) is 12.7. The van der Waals surface area contributed by atoms with Gasteiger partial charge in [-0.1, -0.05) is 12.1 Å². The van der Waals surface area contributed by atoms with E-state index in [1.54, 1.807) is 41.4 Å². The SMILES string of the molecule is NNC(c1ccc(F)cc1)c1cnn2ccncc12. The third-order valence-electron chi connectivity index (χ3n) is 3.04. The number of nitrogens with zero attached hydrogens (tertiary/aromatic N) is 3. The number of rotatable bonds is 3. The molecule has 2 heterocycles. The van der Waals surface area contributed by atoms with Crippen molar-refractivity contribution in [1.29, 1.82) is 0 Å². The number of halogens is 1. The van der Waals surface area contributed by atoms with Gasteiger partial charge in [0.15, 0.2) is 0 Å². The Hall–Kier alpha value is -2.31. The number of hydrogen-bond acceptors (Lipinski definition) is 4. The Kier molecular flexibility index (Phi) is 2.94. The molecule has 0 saturated carbocycles. The summed E-state index contributed by atoms with van der Waals surface area (Å²) in [4.78, 5) is 4.08. The standard InChI is InChI=1S/C13H12FN5/c14-10-3-1-9(2-4-10)13(18-15)11-7-17-19-6-5-16-8-12(11)19/h1-8,13,18H,15H2. The van der Waals surface area contributed by atoms with Crippen molar-refractivity contribution in [3.05, 3.63) is 66.0 Å². The Morgan fingerprint density at radius 3 is 2.74 bits per heavy atom. The molecule has 0 aliphatic carbocycles. The maximum atomic E-state index is 13.0. The molecule has 0 saturated heterocycles. The van der Waals surface area contributed by atoms with Gasteiger partial charge in [0.1, 0.15) is 5.82 Å². The number of hydrazine groups is 1. The zero-order valence-corrected chi connectivity index (χ0v) is 9.99. The summed E-state index contributed by atoms with van der Waals surface area (Å²) in [5.41, 5.74) is 5.34. The second-order valence-corrected chi connectivity index (χ2v) is 4.16. The summed E-state index contributed by atoms with van der Waals surface area (Å²) in [7, 11) is 0. The third kappa shape index (κ3) is 2.07. The van der Waals surface area contributed by atoms with Crippen LogP contribution in [0.5, 0.6) is 0 Å². The first-order valence-corrected chi connectivity index (χ1v) is 5.78. The van der Waals surface area contributed by atoms with Gasteiger partial charge in [-0.05, 0) is 17.7 Å². The Balaban J connectivity index is 2.09. The first kappa shape index (κ1) is 11.8. The van der Waals surface area contributed by atoms with Crippen LogP contribution in [-0.4, -0.2) is 14.6 Å². The van der Waals surface area contributed by atoms with Crippen molar-refractivity contribution in [2.24, 2.45) is 5.84 Å². The minimum absolute atomic E-state index is 0.262. The molecule has 0 amide bonds. The highest BCUT2D eigenvalue weighted by Gasteiger charge is 2.17. The fourth-order valence-electron chi connectivity index (χ4n) is 2.10. The Morgan fingerprint density at radius 2 is 2.00 bits per heavy atom. The molecule has 3 rings (SSSR count). The van der Waals surface area contributed by atoms with Crippen molar-refractivity contribution >= 4 is 5.52 Å². The molecule has 3 aromatic rings. The van der Waals surface area contributed by atoms with Gasteiger partial charge in [-0.3, -0.25) is 10.8 Å². The molecular formula is C13H12FN5. The Bertz CT molecular complexity index is 692. The monoisotopic (exact) mass is 257 g/mol. The first-order chi connectivity index (χ1) is 9.29. The molecule has 0 fully saturated rings. The van der Waals surface area contributed by atoms with Crippen LogP contribution in [0.2, 0.25) is 0 Å². The summed E-state index contributed by atoms with van der Waals surface area (Å²) < 4.78 is 14.7. The lowest BCUT2D eigenvalue weighted by Gasteiger charge is -2.15. The molecule has 19 heavy (non-hydrogen) atoms. The molecule has 3 N–H and O–H groups in total. The van der Waals surface area contributed by atoms with Crippen molar-refractivity contribution in [2.45, 2.75) is 6.04 Å². The van der Waals surface area contributed by atoms with E-state index in [-0.39, 0.29) is 11.9 Å². The molecule has 0 aliphatic rings. The number of hydrogen-bond donors (Lipinski definition) is 2. The van der Waals surface area contributed by atoms with Gasteiger partial charge in [0, 0.05) is 18.0 Å². The smallest absolute Gasteiger partial charge is 0.123 e. The molecule has 5 nitrogen and oxygen atoms in total. The zero-order valence-electron chi connectivity index (χ0n) is 9.99. The van der Waals surface area contributed by atoms with Crippen LogP contribution in [0.1, 0.15) is 17.2 Å². The quantitative estimate of drug-likeness (QED) is 0.550. The average Bonchev–Trinajstić information content (AvgIpc) is 2.86. The van der Waals surface area contributed by atoms with E-state index in [2.05, 4.69) is 15.5 Å². The van der Waals surface area contributed by atoms with Crippen LogP contribution in [-0.2, 0) is 0 Å². The fraction of sp³-hybridized carbons (Fsp3) is 0.0769. The van der Waals surface area contributed by atoms with Crippen molar-refractivity contribution in [3.8, 4) is 0 Å². The summed E-state index contributed by atoms with van der Waals surface area (Å²) in [6.07, 6.45) is 6.87. The van der Waals surface area contributed by atoms with Gasteiger partial charge in [-0.2, -0.15) is 5.10 Å². The second-order valence-electron chi connectivity index (χ2n) is 4.16. The number of nitrogens with two attached hydrogens (primary N) is 1. The lowest BCUT2D eigenvalue weighted by Crippen LogP contribution is -2.28. The highest BCUT2D eigenvalue weighted by atomic mass is 19.1. The summed E-state index contributed by atoms with van der Waals surface area (Å²) >= 11 is 0. The zero-order chi connectivity index (χ0) is 13.2. The number of aromatic nitrogens is 3. The Labute approximate surface area is 108 Å². The van der Waals surface area contributed by atoms with Crippen LogP contribution in [0.15, 0.2) is 49.1 Å². The number of fused-ring (bicyclic) bond motifs is 1. The summed E-state index contributed by atoms with van der Waals surface area (Å²) in [5.74, 6) is 5.35. The minimum atomic E-state index is -0.277. The van der Waals surface area contributed by atoms with E-state index in [9.17, 15) is 4.39 Å². The molecule has 1 aromatic carbocycles. The van der Waals surface area contributed by atoms with Gasteiger partial charge < -0.3 is 0 Å². The predicted molar refractivity (Wildman–Crippen MR) is 68.6 cm³/mol. The largest absolute Gasteiger partial charge is 0.271 e. The minimum Gasteiger partial charge on any atom is -0.271 e. The molecule has 96 valence electrons. The predicted octanol–water partition coefficient (Wildman–Crippen LogP) is 1.42. The molecule has 2 aromatic heterocycles. The molecule has 0 aliphatic heterocycles. The van der Waals surface area contributed by atoms with Gasteiger partial charge >= 0.3 is 0 Å². The second kappa shape index (κ2) is 4.75. The van der Waals surface area contributed by atoms with E-state index >= 15 is 0 Å². The summed E-state index contributed by atoms with van der Waals surface area (Å²) in [5, 5.41) is 4.24. The molecule has 1 atom stereocenters. The summed E-state index contributed by atoms with van der Waals surface area (Å²) in [6.45, 7) is 0. The first-order valence-electron chi connectivity index (χ1n) is 5.78. The van der Waals surface area contributed by atoms with Crippen LogP contribution >= 0.6 is 0 Å². The molecule has 0 spiro atoms. The molecule has 0 radical (unpaired) electrons. The van der Waals surface area contributed by atoms with Crippen LogP contribution in [0.3, 0.4) is 0 Å². The highest BCUT2D eigenvalue weighted by molar-refractivity contribution is 5.55. The van der Waals surface area contributed by atoms with E-state index in [4.69, 9.17) is 5.84 Å². The third-order valence-corrected chi connectivity index (χ3v) is 3.04. The van der Waals surface area contributed by atoms with Crippen molar-refractivity contribution in [1.82, 2.24) is 20.0 Å². The summed E-state index contributed by atoms with van der Waals surface area (Å²) in [6, 6.07) is 5.94. The van der Waals surface area contributed by atoms with Crippen molar-refractivity contribution < 1.29 is 4.39 Å². The lowest BCUT2D eigenvalue weighted by molar-refractivity contribution is 0.617. The van der Waals surface area contributed by atoms with Crippen molar-refractivity contribution in [3.63, 3.8) is 0 Å². The van der Waals surface area contributed by atoms with Crippen molar-refractivity contribution in [2.75, 3.05) is 0 Å². The number of nitrogens with one attached hydrogen (secondary N) is 1. The van der Waals surface area contributed by atoms with Gasteiger partial charge in [0.25, 0.3) is 0 Å². The van der Waals surface area contributed by atoms with E-state index in [1.165, 1.54) is 12.1 Å². The van der Waals surface area contributed by atoms with Crippen LogP contribution in [0, 0.1) is 5.82 Å². The van der Waals surface area contributed by atoms with Crippen LogP contribution in [0.4, 0.5) is 4.39 Å². The highest BCUT2D eigenvalue weighted by Crippen LogP contribution is 2.24. The van der Waals surface area contributed by atoms with Crippen LogP contribution < -0.4 is 11.3 Å². The average molecular weight is 257 g/mol. The fourth-order valence-corrected chi connectivity index (χ4v) is 2.10. The maximum Gasteiger partial charge on any atom is 0.123 e. The molecular weight excluding hydrogens is 245 g/mol. The van der Waals surface area contributed by atoms with E-state index in [0.29, 0.717) is 0 Å². The maximum absolute atomic E-state index is 13.0. The van der Waals surface area contributed by atoms with Gasteiger partial charge in [-0.15, -0.1) is 0 Å². The molecule has 6 heteroatoms. The van der Waals surface area contributed by atoms with Crippen LogP contribution in [0.25, 0.3) is 5.52 Å². The van der Waals surface area contributed by atoms with Gasteiger partial charge in [0.05, 0.1) is 24.0 Å². The van der Waals surface area contributed by atoms with Gasteiger partial charge in [-0.25, -0.2) is 14.3 Å². The van der Waals surface area contributed by atoms with Gasteiger partial charge in [0.2, 0.25) is 0 Å². The van der Waals surface area contributed by atoms with E-state index in [0.717, 1.165) is 16.6 Å². The molecule has 0 bridgehead atoms. The number of benzene rings is 1. The molecule has 1 unspecified atom stereocenters. The van der Waals surface area contributed by atoms with E-state index in [1.807, 2.05) is 0 Å². The topological polar surface area (TPSA) is 68.2 Å². The van der Waals surface area contributed by atoms with E-state index < -0.39 is 0 Å². The lowest BCUT2D eigenvalue weighted by atomic mass is 10.0. The Morgan fingerprint density at radius 1 is 1.21 bits per heavy atom.